The Balaban J connectivity index is 1.99. The molecule has 2 aliphatic rings. The average Bonchev–Trinajstić information content (AvgIpc) is 3.13. The molecule has 2 aliphatic carbocycles. The van der Waals surface area contributed by atoms with E-state index in [4.69, 9.17) is 0 Å². The van der Waals surface area contributed by atoms with Gasteiger partial charge in [0.1, 0.15) is 5.41 Å². The predicted octanol–water partition coefficient (Wildman–Crippen LogP) is 2.33. The van der Waals surface area contributed by atoms with Crippen molar-refractivity contribution in [3.05, 3.63) is 0 Å². The van der Waals surface area contributed by atoms with Gasteiger partial charge < -0.3 is 10.4 Å². The summed E-state index contributed by atoms with van der Waals surface area (Å²) in [5.41, 5.74) is -1.25. The van der Waals surface area contributed by atoms with Gasteiger partial charge in [-0.3, -0.25) is 9.59 Å². The summed E-state index contributed by atoms with van der Waals surface area (Å²) in [6, 6.07) is 0.225. The van der Waals surface area contributed by atoms with E-state index in [1.165, 1.54) is 19.3 Å². The molecule has 2 rings (SSSR count). The van der Waals surface area contributed by atoms with E-state index in [2.05, 4.69) is 5.32 Å². The molecule has 0 radical (unpaired) electrons. The van der Waals surface area contributed by atoms with Gasteiger partial charge in [-0.25, -0.2) is 0 Å². The lowest BCUT2D eigenvalue weighted by molar-refractivity contribution is -0.156. The molecule has 0 spiro atoms. The molecule has 1 unspecified atom stereocenters. The number of hydrogen-bond donors (Lipinski definition) is 2. The summed E-state index contributed by atoms with van der Waals surface area (Å²) >= 11 is 0. The Morgan fingerprint density at radius 1 is 1.17 bits per heavy atom. The first-order valence-electron chi connectivity index (χ1n) is 7.07. The van der Waals surface area contributed by atoms with Gasteiger partial charge >= 0.3 is 5.97 Å². The van der Waals surface area contributed by atoms with Crippen LogP contribution < -0.4 is 5.32 Å². The molecular formula is C14H23NO3. The summed E-state index contributed by atoms with van der Waals surface area (Å²) in [5.74, 6) is -0.876. The number of amides is 1. The summed E-state index contributed by atoms with van der Waals surface area (Å²) in [7, 11) is 0. The van der Waals surface area contributed by atoms with Gasteiger partial charge in [-0.2, -0.15) is 0 Å². The minimum Gasteiger partial charge on any atom is -0.480 e. The first kappa shape index (κ1) is 13.4. The fourth-order valence-electron chi connectivity index (χ4n) is 2.82. The fraction of sp³-hybridized carbons (Fsp3) is 0.857. The Labute approximate surface area is 108 Å². The maximum absolute atomic E-state index is 12.1. The molecule has 1 amide bonds. The second-order valence-corrected chi connectivity index (χ2v) is 6.09. The average molecular weight is 253 g/mol. The molecule has 4 heteroatoms. The van der Waals surface area contributed by atoms with Gasteiger partial charge in [0.05, 0.1) is 0 Å². The Bertz CT molecular complexity index is 332. The largest absolute Gasteiger partial charge is 0.480 e. The van der Waals surface area contributed by atoms with Gasteiger partial charge in [0.2, 0.25) is 5.91 Å². The van der Waals surface area contributed by atoms with Crippen molar-refractivity contribution in [1.29, 1.82) is 0 Å². The molecule has 0 aromatic heterocycles. The van der Waals surface area contributed by atoms with Crippen LogP contribution in [0.3, 0.4) is 0 Å². The highest BCUT2D eigenvalue weighted by molar-refractivity contribution is 6.01. The van der Waals surface area contributed by atoms with E-state index in [0.717, 1.165) is 25.7 Å². The maximum atomic E-state index is 12.1. The second-order valence-electron chi connectivity index (χ2n) is 6.09. The van der Waals surface area contributed by atoms with E-state index < -0.39 is 11.4 Å². The maximum Gasteiger partial charge on any atom is 0.318 e. The van der Waals surface area contributed by atoms with E-state index in [1.807, 2.05) is 0 Å². The first-order chi connectivity index (χ1) is 8.52. The van der Waals surface area contributed by atoms with Crippen LogP contribution in [0.5, 0.6) is 0 Å². The second kappa shape index (κ2) is 5.29. The minimum atomic E-state index is -1.25. The van der Waals surface area contributed by atoms with Gasteiger partial charge in [-0.15, -0.1) is 0 Å². The third-order valence-corrected chi connectivity index (χ3v) is 4.31. The topological polar surface area (TPSA) is 66.4 Å². The summed E-state index contributed by atoms with van der Waals surface area (Å²) in [6.45, 7) is 1.58. The molecule has 0 heterocycles. The van der Waals surface area contributed by atoms with Crippen LogP contribution >= 0.6 is 0 Å². The van der Waals surface area contributed by atoms with E-state index in [1.54, 1.807) is 6.92 Å². The Morgan fingerprint density at radius 3 is 2.28 bits per heavy atom. The summed E-state index contributed by atoms with van der Waals surface area (Å²) in [4.78, 5) is 23.6. The van der Waals surface area contributed by atoms with Crippen LogP contribution in [-0.2, 0) is 9.59 Å². The lowest BCUT2D eigenvalue weighted by Gasteiger charge is -2.30. The molecule has 4 nitrogen and oxygen atoms in total. The first-order valence-corrected chi connectivity index (χ1v) is 7.07. The van der Waals surface area contributed by atoms with Crippen molar-refractivity contribution in [2.75, 3.05) is 0 Å². The van der Waals surface area contributed by atoms with Crippen molar-refractivity contribution in [2.24, 2.45) is 11.3 Å². The molecule has 0 aromatic rings. The minimum absolute atomic E-state index is 0.225. The number of aliphatic carboxylic acids is 1. The normalized spacial score (nSPS) is 24.3. The third kappa shape index (κ3) is 3.03. The van der Waals surface area contributed by atoms with E-state index >= 15 is 0 Å². The predicted molar refractivity (Wildman–Crippen MR) is 68.1 cm³/mol. The van der Waals surface area contributed by atoms with Crippen LogP contribution in [0.4, 0.5) is 0 Å². The monoisotopic (exact) mass is 253 g/mol. The molecule has 0 aliphatic heterocycles. The summed E-state index contributed by atoms with van der Waals surface area (Å²) in [5, 5.41) is 12.3. The standard InChI is InChI=1S/C14H23NO3/c1-14(13(17)18,12(16)15-11-7-8-11)9-10-5-3-2-4-6-10/h10-11H,2-9H2,1H3,(H,15,16)(H,17,18). The number of rotatable bonds is 5. The number of hydrogen-bond acceptors (Lipinski definition) is 2. The van der Waals surface area contributed by atoms with Crippen LogP contribution in [0.2, 0.25) is 0 Å². The number of nitrogens with one attached hydrogen (secondary N) is 1. The van der Waals surface area contributed by atoms with Crippen LogP contribution in [0, 0.1) is 11.3 Å². The van der Waals surface area contributed by atoms with Crippen molar-refractivity contribution in [3.8, 4) is 0 Å². The molecule has 2 N–H and O–H groups in total. The van der Waals surface area contributed by atoms with E-state index in [9.17, 15) is 14.7 Å². The van der Waals surface area contributed by atoms with E-state index in [0.29, 0.717) is 12.3 Å². The fourth-order valence-corrected chi connectivity index (χ4v) is 2.82. The lowest BCUT2D eigenvalue weighted by Crippen LogP contribution is -2.46. The Hall–Kier alpha value is -1.06. The molecule has 1 atom stereocenters. The molecule has 0 aromatic carbocycles. The van der Waals surface area contributed by atoms with Gasteiger partial charge in [0, 0.05) is 6.04 Å². The number of carbonyl (C=O) groups is 2. The molecule has 0 bridgehead atoms. The Kier molecular flexibility index (Phi) is 3.93. The van der Waals surface area contributed by atoms with Gasteiger partial charge in [0.15, 0.2) is 0 Å². The van der Waals surface area contributed by atoms with Gasteiger partial charge in [0.25, 0.3) is 0 Å². The van der Waals surface area contributed by atoms with Crippen molar-refractivity contribution in [3.63, 3.8) is 0 Å². The smallest absolute Gasteiger partial charge is 0.318 e. The van der Waals surface area contributed by atoms with Gasteiger partial charge in [-0.05, 0) is 32.1 Å². The zero-order valence-electron chi connectivity index (χ0n) is 11.1. The highest BCUT2D eigenvalue weighted by Crippen LogP contribution is 2.36. The van der Waals surface area contributed by atoms with Crippen LogP contribution in [0.15, 0.2) is 0 Å². The van der Waals surface area contributed by atoms with Crippen molar-refractivity contribution >= 4 is 11.9 Å². The lowest BCUT2D eigenvalue weighted by atomic mass is 9.75. The quantitative estimate of drug-likeness (QED) is 0.739. The van der Waals surface area contributed by atoms with Crippen molar-refractivity contribution < 1.29 is 14.7 Å². The molecule has 102 valence electrons. The SMILES string of the molecule is CC(CC1CCCCC1)(C(=O)O)C(=O)NC1CC1. The van der Waals surface area contributed by atoms with Crippen LogP contribution in [0.25, 0.3) is 0 Å². The number of carbonyl (C=O) groups excluding carboxylic acids is 1. The zero-order valence-corrected chi connectivity index (χ0v) is 11.1. The van der Waals surface area contributed by atoms with Crippen molar-refractivity contribution in [1.82, 2.24) is 5.32 Å². The molecule has 0 saturated heterocycles. The molecular weight excluding hydrogens is 230 g/mol. The molecule has 2 fully saturated rings. The summed E-state index contributed by atoms with van der Waals surface area (Å²) in [6.07, 6.45) is 8.19. The number of carboxylic acid groups (broad SMARTS) is 1. The van der Waals surface area contributed by atoms with E-state index in [-0.39, 0.29) is 11.9 Å². The zero-order chi connectivity index (χ0) is 13.2. The molecule has 18 heavy (non-hydrogen) atoms. The highest BCUT2D eigenvalue weighted by Gasteiger charge is 2.44. The van der Waals surface area contributed by atoms with Gasteiger partial charge in [-0.1, -0.05) is 32.1 Å². The number of carboxylic acids is 1. The summed E-state index contributed by atoms with van der Waals surface area (Å²) < 4.78 is 0. The Morgan fingerprint density at radius 2 is 1.78 bits per heavy atom. The van der Waals surface area contributed by atoms with Crippen LogP contribution in [-0.4, -0.2) is 23.0 Å². The van der Waals surface area contributed by atoms with Crippen molar-refractivity contribution in [2.45, 2.75) is 64.3 Å². The molecule has 2 saturated carbocycles. The van der Waals surface area contributed by atoms with Crippen LogP contribution in [0.1, 0.15) is 58.3 Å². The highest BCUT2D eigenvalue weighted by atomic mass is 16.4. The third-order valence-electron chi connectivity index (χ3n) is 4.31.